The van der Waals surface area contributed by atoms with Crippen LogP contribution in [0.4, 0.5) is 8.78 Å². The number of nitrogens with zero attached hydrogens (tertiary/aromatic N) is 2. The molecule has 142 valence electrons. The average Bonchev–Trinajstić information content (AvgIpc) is 2.92. The molecule has 0 aromatic heterocycles. The third-order valence-corrected chi connectivity index (χ3v) is 5.83. The number of sulfone groups is 1. The highest BCUT2D eigenvalue weighted by Crippen LogP contribution is 2.46. The lowest BCUT2D eigenvalue weighted by Gasteiger charge is -2.22. The number of halogens is 2. The number of rotatable bonds is 5. The highest BCUT2D eigenvalue weighted by Gasteiger charge is 2.71. The Kier molecular flexibility index (Phi) is 4.54. The normalized spacial score (nSPS) is 28.5. The van der Waals surface area contributed by atoms with Crippen molar-refractivity contribution in [1.29, 1.82) is 0 Å². The van der Waals surface area contributed by atoms with Gasteiger partial charge >= 0.3 is 0 Å². The topological polar surface area (TPSA) is 74.8 Å². The van der Waals surface area contributed by atoms with Gasteiger partial charge in [-0.15, -0.1) is 0 Å². The van der Waals surface area contributed by atoms with Crippen LogP contribution in [-0.4, -0.2) is 73.0 Å². The van der Waals surface area contributed by atoms with Crippen molar-refractivity contribution in [2.45, 2.75) is 24.3 Å². The predicted molar refractivity (Wildman–Crippen MR) is 90.4 cm³/mol. The van der Waals surface area contributed by atoms with E-state index in [1.54, 1.807) is 30.3 Å². The van der Waals surface area contributed by atoms with Gasteiger partial charge in [0, 0.05) is 19.2 Å². The first-order chi connectivity index (χ1) is 12.0. The maximum atomic E-state index is 15.2. The monoisotopic (exact) mass is 386 g/mol. The van der Waals surface area contributed by atoms with Crippen LogP contribution in [0.5, 0.6) is 0 Å². The van der Waals surface area contributed by atoms with E-state index in [9.17, 15) is 18.0 Å². The van der Waals surface area contributed by atoms with Crippen molar-refractivity contribution in [2.24, 2.45) is 0 Å². The molecule has 0 unspecified atom stereocenters. The second-order valence-electron chi connectivity index (χ2n) is 7.04. The Morgan fingerprint density at radius 1 is 1.15 bits per heavy atom. The maximum absolute atomic E-state index is 15.2. The summed E-state index contributed by atoms with van der Waals surface area (Å²) in [5, 5.41) is 0. The van der Waals surface area contributed by atoms with Crippen LogP contribution in [0.25, 0.3) is 0 Å². The first-order valence-electron chi connectivity index (χ1n) is 8.21. The molecule has 0 N–H and O–H groups in total. The van der Waals surface area contributed by atoms with Gasteiger partial charge in [0.1, 0.15) is 9.84 Å². The molecule has 2 atom stereocenters. The Morgan fingerprint density at radius 3 is 2.38 bits per heavy atom. The van der Waals surface area contributed by atoms with E-state index in [-0.39, 0.29) is 13.0 Å². The molecule has 0 saturated carbocycles. The minimum Gasteiger partial charge on any atom is -0.335 e. The fourth-order valence-electron chi connectivity index (χ4n) is 3.49. The van der Waals surface area contributed by atoms with Gasteiger partial charge < -0.3 is 9.80 Å². The fraction of sp³-hybridized carbons (Fsp3) is 0.529. The number of likely N-dealkylation sites (tertiary alicyclic amines) is 2. The van der Waals surface area contributed by atoms with E-state index < -0.39 is 58.4 Å². The molecule has 0 aliphatic carbocycles. The Balaban J connectivity index is 1.71. The minimum absolute atomic E-state index is 0.0963. The van der Waals surface area contributed by atoms with Crippen molar-refractivity contribution < 1.29 is 26.8 Å². The lowest BCUT2D eigenvalue weighted by atomic mass is 9.93. The molecule has 1 aromatic carbocycles. The third kappa shape index (κ3) is 3.32. The molecule has 0 radical (unpaired) electrons. The molecule has 2 saturated heterocycles. The number of alkyl halides is 2. The number of benzene rings is 1. The number of amides is 2. The molecular formula is C17H20F2N2O4S. The number of hydrogen-bond acceptors (Lipinski definition) is 4. The molecule has 2 heterocycles. The summed E-state index contributed by atoms with van der Waals surface area (Å²) in [6, 6.07) is 8.87. The van der Waals surface area contributed by atoms with Crippen molar-refractivity contribution in [1.82, 2.24) is 9.80 Å². The summed E-state index contributed by atoms with van der Waals surface area (Å²) in [4.78, 5) is 26.6. The first-order valence-corrected chi connectivity index (χ1v) is 10.3. The average molecular weight is 386 g/mol. The van der Waals surface area contributed by atoms with Crippen molar-refractivity contribution in [2.75, 3.05) is 31.6 Å². The van der Waals surface area contributed by atoms with Crippen LogP contribution >= 0.6 is 0 Å². The van der Waals surface area contributed by atoms with E-state index in [0.717, 1.165) is 21.6 Å². The summed E-state index contributed by atoms with van der Waals surface area (Å²) in [6.07, 6.45) is 0.629. The van der Waals surface area contributed by atoms with Crippen molar-refractivity contribution in [3.8, 4) is 0 Å². The quantitative estimate of drug-likeness (QED) is 0.748. The van der Waals surface area contributed by atoms with Gasteiger partial charge in [0.05, 0.1) is 25.4 Å². The van der Waals surface area contributed by atoms with Gasteiger partial charge in [0.25, 0.3) is 5.91 Å². The van der Waals surface area contributed by atoms with Crippen LogP contribution < -0.4 is 0 Å². The summed E-state index contributed by atoms with van der Waals surface area (Å²) in [5.41, 5.74) is -4.52. The zero-order valence-corrected chi connectivity index (χ0v) is 15.1. The van der Waals surface area contributed by atoms with Crippen LogP contribution in [0.15, 0.2) is 30.3 Å². The smallest absolute Gasteiger partial charge is 0.266 e. The molecule has 0 spiro atoms. The summed E-state index contributed by atoms with van der Waals surface area (Å²) >= 11 is 0. The third-order valence-electron chi connectivity index (χ3n) is 4.88. The molecule has 2 aliphatic heterocycles. The van der Waals surface area contributed by atoms with Crippen LogP contribution in [0.1, 0.15) is 12.0 Å². The van der Waals surface area contributed by atoms with Gasteiger partial charge in [-0.05, 0) is 5.56 Å². The highest BCUT2D eigenvalue weighted by molar-refractivity contribution is 7.90. The lowest BCUT2D eigenvalue weighted by molar-refractivity contribution is -0.140. The lowest BCUT2D eigenvalue weighted by Crippen LogP contribution is -2.47. The summed E-state index contributed by atoms with van der Waals surface area (Å²) in [5.74, 6) is -2.03. The van der Waals surface area contributed by atoms with Crippen molar-refractivity contribution in [3.63, 3.8) is 0 Å². The second-order valence-corrected chi connectivity index (χ2v) is 9.30. The van der Waals surface area contributed by atoms with Crippen LogP contribution in [0, 0.1) is 0 Å². The van der Waals surface area contributed by atoms with E-state index >= 15 is 8.78 Å². The number of fused-ring (bicyclic) bond motifs is 1. The van der Waals surface area contributed by atoms with Gasteiger partial charge in [0.2, 0.25) is 11.6 Å². The molecule has 2 aliphatic rings. The van der Waals surface area contributed by atoms with E-state index in [2.05, 4.69) is 0 Å². The van der Waals surface area contributed by atoms with Gasteiger partial charge in [-0.3, -0.25) is 9.59 Å². The van der Waals surface area contributed by atoms with E-state index in [1.807, 2.05) is 0 Å². The zero-order valence-electron chi connectivity index (χ0n) is 14.3. The van der Waals surface area contributed by atoms with Crippen molar-refractivity contribution >= 4 is 21.7 Å². The predicted octanol–water partition coefficient (Wildman–Crippen LogP) is 0.722. The maximum Gasteiger partial charge on any atom is 0.266 e. The van der Waals surface area contributed by atoms with Crippen molar-refractivity contribution in [3.05, 3.63) is 35.9 Å². The van der Waals surface area contributed by atoms with Gasteiger partial charge in [-0.25, -0.2) is 17.2 Å². The zero-order chi connectivity index (χ0) is 19.2. The first kappa shape index (κ1) is 18.8. The van der Waals surface area contributed by atoms with Crippen LogP contribution in [0.3, 0.4) is 0 Å². The Hall–Kier alpha value is -2.03. The largest absolute Gasteiger partial charge is 0.335 e. The van der Waals surface area contributed by atoms with Gasteiger partial charge in [-0.2, -0.15) is 0 Å². The number of hydrogen-bond donors (Lipinski definition) is 0. The molecule has 1 aromatic rings. The molecule has 0 bridgehead atoms. The summed E-state index contributed by atoms with van der Waals surface area (Å²) in [6.45, 7) is -1.58. The molecule has 2 fully saturated rings. The summed E-state index contributed by atoms with van der Waals surface area (Å²) in [7, 11) is -3.36. The Morgan fingerprint density at radius 2 is 1.81 bits per heavy atom. The van der Waals surface area contributed by atoms with E-state index in [0.29, 0.717) is 0 Å². The molecule has 2 amide bonds. The van der Waals surface area contributed by atoms with Crippen LogP contribution in [0.2, 0.25) is 0 Å². The minimum atomic E-state index is -3.36. The summed E-state index contributed by atoms with van der Waals surface area (Å²) < 4.78 is 52.8. The molecule has 9 heteroatoms. The second kappa shape index (κ2) is 6.29. The van der Waals surface area contributed by atoms with Gasteiger partial charge in [0.15, 0.2) is 5.67 Å². The Bertz CT molecular complexity index is 832. The standard InChI is InChI=1S/C17H20F2N2O4S/c1-26(24,25)8-7-14(22)21-11-16(18)10-20(15(23)17(16,19)12-21)9-13-5-3-2-4-6-13/h2-6H,7-12H2,1H3/t16-,17-/m0/s1. The number of carbonyl (C=O) groups is 2. The van der Waals surface area contributed by atoms with Crippen LogP contribution in [-0.2, 0) is 26.0 Å². The number of carbonyl (C=O) groups excluding carboxylic acids is 2. The van der Waals surface area contributed by atoms with E-state index in [4.69, 9.17) is 0 Å². The fourth-order valence-corrected chi connectivity index (χ4v) is 4.03. The molecule has 6 nitrogen and oxygen atoms in total. The van der Waals surface area contributed by atoms with E-state index in [1.165, 1.54) is 0 Å². The highest BCUT2D eigenvalue weighted by atomic mass is 32.2. The SMILES string of the molecule is CS(=O)(=O)CCC(=O)N1C[C@@]2(F)CN(Cc3ccccc3)C(=O)[C@@]2(F)C1. The molecular weight excluding hydrogens is 366 g/mol. The Labute approximate surface area is 150 Å². The molecule has 3 rings (SSSR count). The van der Waals surface area contributed by atoms with Gasteiger partial charge in [-0.1, -0.05) is 30.3 Å². The molecule has 26 heavy (non-hydrogen) atoms.